The topological polar surface area (TPSA) is 84.0 Å². The van der Waals surface area contributed by atoms with Crippen LogP contribution in [0.2, 0.25) is 0 Å². The van der Waals surface area contributed by atoms with E-state index in [1.54, 1.807) is 22.7 Å². The fourth-order valence-electron chi connectivity index (χ4n) is 3.09. The van der Waals surface area contributed by atoms with Gasteiger partial charge in [-0.2, -0.15) is 0 Å². The molecular weight excluding hydrogens is 368 g/mol. The summed E-state index contributed by atoms with van der Waals surface area (Å²) in [5, 5.41) is 8.61. The zero-order chi connectivity index (χ0) is 18.1. The van der Waals surface area contributed by atoms with E-state index in [4.69, 9.17) is 0 Å². The van der Waals surface area contributed by atoms with Crippen LogP contribution >= 0.6 is 22.7 Å². The fourth-order valence-corrected chi connectivity index (χ4v) is 4.76. The molecule has 1 saturated heterocycles. The quantitative estimate of drug-likeness (QED) is 0.722. The van der Waals surface area contributed by atoms with E-state index in [1.165, 1.54) is 0 Å². The van der Waals surface area contributed by atoms with Gasteiger partial charge in [0.25, 0.3) is 5.91 Å². The van der Waals surface area contributed by atoms with Gasteiger partial charge in [-0.3, -0.25) is 9.59 Å². The molecule has 134 valence electrons. The fraction of sp³-hybridized carbons (Fsp3) is 0.333. The molecule has 4 rings (SSSR count). The highest BCUT2D eigenvalue weighted by molar-refractivity contribution is 7.17. The maximum atomic E-state index is 12.7. The molecule has 2 amide bonds. The third kappa shape index (κ3) is 3.47. The first-order valence-corrected chi connectivity index (χ1v) is 10.2. The summed E-state index contributed by atoms with van der Waals surface area (Å²) in [5.41, 5.74) is 2.23. The van der Waals surface area contributed by atoms with E-state index in [-0.39, 0.29) is 11.8 Å². The van der Waals surface area contributed by atoms with Gasteiger partial charge in [0.1, 0.15) is 11.7 Å². The Hall–Kier alpha value is -2.32. The standard InChI is InChI=1S/C18H18N4O2S2/c1-10-20-9-12(26-10)7-11-8-15(21-13-4-6-25-16(11)13)18(24)22-14-3-2-5-19-17(14)23/h4,6,8-9,14H,2-3,5,7H2,1H3,(H,19,23)(H,22,24). The molecule has 1 aliphatic rings. The van der Waals surface area contributed by atoms with Gasteiger partial charge in [0.05, 0.1) is 15.2 Å². The lowest BCUT2D eigenvalue weighted by Gasteiger charge is -2.22. The van der Waals surface area contributed by atoms with Crippen molar-refractivity contribution in [3.05, 3.63) is 44.9 Å². The summed E-state index contributed by atoms with van der Waals surface area (Å²) in [5.74, 6) is -0.427. The Morgan fingerprint density at radius 2 is 2.35 bits per heavy atom. The summed E-state index contributed by atoms with van der Waals surface area (Å²) in [4.78, 5) is 34.5. The highest BCUT2D eigenvalue weighted by Gasteiger charge is 2.25. The zero-order valence-corrected chi connectivity index (χ0v) is 15.9. The number of carbonyl (C=O) groups excluding carboxylic acids is 2. The number of aromatic nitrogens is 2. The van der Waals surface area contributed by atoms with Crippen molar-refractivity contribution >= 4 is 44.7 Å². The molecule has 1 fully saturated rings. The van der Waals surface area contributed by atoms with Crippen LogP contribution in [0.1, 0.15) is 38.8 Å². The van der Waals surface area contributed by atoms with Crippen molar-refractivity contribution in [1.29, 1.82) is 0 Å². The molecule has 6 nitrogen and oxygen atoms in total. The number of carbonyl (C=O) groups is 2. The molecule has 2 N–H and O–H groups in total. The van der Waals surface area contributed by atoms with Crippen molar-refractivity contribution in [2.24, 2.45) is 0 Å². The number of rotatable bonds is 4. The number of aryl methyl sites for hydroxylation is 1. The van der Waals surface area contributed by atoms with E-state index in [0.717, 1.165) is 38.5 Å². The predicted molar refractivity (Wildman–Crippen MR) is 103 cm³/mol. The SMILES string of the molecule is Cc1ncc(Cc2cc(C(=O)NC3CCCNC3=O)nc3ccsc23)s1. The van der Waals surface area contributed by atoms with Crippen LogP contribution in [-0.2, 0) is 11.2 Å². The molecule has 0 bridgehead atoms. The predicted octanol–water partition coefficient (Wildman–Crippen LogP) is 2.66. The number of hydrogen-bond acceptors (Lipinski definition) is 6. The number of pyridine rings is 1. The first-order valence-electron chi connectivity index (χ1n) is 8.47. The van der Waals surface area contributed by atoms with Crippen molar-refractivity contribution in [3.8, 4) is 0 Å². The van der Waals surface area contributed by atoms with Crippen molar-refractivity contribution in [1.82, 2.24) is 20.6 Å². The van der Waals surface area contributed by atoms with E-state index < -0.39 is 6.04 Å². The van der Waals surface area contributed by atoms with E-state index in [1.807, 2.05) is 30.6 Å². The summed E-state index contributed by atoms with van der Waals surface area (Å²) in [7, 11) is 0. The Labute approximate surface area is 158 Å². The van der Waals surface area contributed by atoms with Gasteiger partial charge in [0.15, 0.2) is 0 Å². The van der Waals surface area contributed by atoms with E-state index in [9.17, 15) is 9.59 Å². The lowest BCUT2D eigenvalue weighted by atomic mass is 10.1. The second-order valence-corrected chi connectivity index (χ2v) is 8.52. The molecule has 0 aliphatic carbocycles. The molecule has 0 aromatic carbocycles. The third-order valence-electron chi connectivity index (χ3n) is 4.35. The summed E-state index contributed by atoms with van der Waals surface area (Å²) in [6.07, 6.45) is 4.12. The van der Waals surface area contributed by atoms with Gasteiger partial charge in [-0.25, -0.2) is 9.97 Å². The Kier molecular flexibility index (Phi) is 4.69. The average molecular weight is 387 g/mol. The second kappa shape index (κ2) is 7.13. The van der Waals surface area contributed by atoms with Crippen LogP contribution in [0, 0.1) is 6.92 Å². The molecule has 4 heterocycles. The van der Waals surface area contributed by atoms with Crippen molar-refractivity contribution in [3.63, 3.8) is 0 Å². The van der Waals surface area contributed by atoms with Crippen molar-refractivity contribution in [2.75, 3.05) is 6.54 Å². The molecule has 1 atom stereocenters. The Balaban J connectivity index is 1.62. The summed E-state index contributed by atoms with van der Waals surface area (Å²) < 4.78 is 1.09. The molecular formula is C18H18N4O2S2. The largest absolute Gasteiger partial charge is 0.354 e. The molecule has 1 unspecified atom stereocenters. The zero-order valence-electron chi connectivity index (χ0n) is 14.2. The van der Waals surface area contributed by atoms with Crippen LogP contribution in [0.5, 0.6) is 0 Å². The maximum absolute atomic E-state index is 12.7. The van der Waals surface area contributed by atoms with Gasteiger partial charge in [-0.05, 0) is 42.8 Å². The van der Waals surface area contributed by atoms with Gasteiger partial charge < -0.3 is 10.6 Å². The van der Waals surface area contributed by atoms with Gasteiger partial charge in [0, 0.05) is 24.0 Å². The Bertz CT molecular complexity index is 979. The molecule has 26 heavy (non-hydrogen) atoms. The Morgan fingerprint density at radius 3 is 3.12 bits per heavy atom. The average Bonchev–Trinajstić information content (AvgIpc) is 3.25. The minimum absolute atomic E-state index is 0.124. The maximum Gasteiger partial charge on any atom is 0.270 e. The number of nitrogens with zero attached hydrogens (tertiary/aromatic N) is 2. The number of piperidine rings is 1. The Morgan fingerprint density at radius 1 is 1.46 bits per heavy atom. The first-order chi connectivity index (χ1) is 12.6. The molecule has 0 radical (unpaired) electrons. The van der Waals surface area contributed by atoms with Gasteiger partial charge in [-0.1, -0.05) is 0 Å². The van der Waals surface area contributed by atoms with Gasteiger partial charge >= 0.3 is 0 Å². The first kappa shape index (κ1) is 17.1. The smallest absolute Gasteiger partial charge is 0.270 e. The van der Waals surface area contributed by atoms with E-state index >= 15 is 0 Å². The monoisotopic (exact) mass is 386 g/mol. The van der Waals surface area contributed by atoms with Crippen molar-refractivity contribution in [2.45, 2.75) is 32.2 Å². The van der Waals surface area contributed by atoms with Crippen LogP contribution < -0.4 is 10.6 Å². The van der Waals surface area contributed by atoms with Gasteiger partial charge in [-0.15, -0.1) is 22.7 Å². The number of nitrogens with one attached hydrogen (secondary N) is 2. The summed E-state index contributed by atoms with van der Waals surface area (Å²) in [6.45, 7) is 2.65. The third-order valence-corrected chi connectivity index (χ3v) is 6.24. The van der Waals surface area contributed by atoms with Crippen LogP contribution in [-0.4, -0.2) is 34.4 Å². The minimum atomic E-state index is -0.483. The molecule has 0 saturated carbocycles. The molecule has 3 aromatic heterocycles. The number of hydrogen-bond donors (Lipinski definition) is 2. The van der Waals surface area contributed by atoms with Crippen LogP contribution in [0.15, 0.2) is 23.7 Å². The number of amides is 2. The van der Waals surface area contributed by atoms with Crippen LogP contribution in [0.25, 0.3) is 10.2 Å². The summed E-state index contributed by atoms with van der Waals surface area (Å²) in [6, 6.07) is 3.28. The van der Waals surface area contributed by atoms with E-state index in [0.29, 0.717) is 18.7 Å². The van der Waals surface area contributed by atoms with Gasteiger partial charge in [0.2, 0.25) is 5.91 Å². The lowest BCUT2D eigenvalue weighted by Crippen LogP contribution is -2.50. The molecule has 8 heteroatoms. The number of fused-ring (bicyclic) bond motifs is 1. The lowest BCUT2D eigenvalue weighted by molar-refractivity contribution is -0.124. The molecule has 0 spiro atoms. The van der Waals surface area contributed by atoms with Crippen LogP contribution in [0.4, 0.5) is 0 Å². The minimum Gasteiger partial charge on any atom is -0.354 e. The second-order valence-electron chi connectivity index (χ2n) is 6.28. The van der Waals surface area contributed by atoms with Crippen molar-refractivity contribution < 1.29 is 9.59 Å². The highest BCUT2D eigenvalue weighted by Crippen LogP contribution is 2.28. The van der Waals surface area contributed by atoms with E-state index in [2.05, 4.69) is 20.6 Å². The molecule has 3 aromatic rings. The molecule has 1 aliphatic heterocycles. The number of thiazole rings is 1. The number of thiophene rings is 1. The highest BCUT2D eigenvalue weighted by atomic mass is 32.1. The normalized spacial score (nSPS) is 17.3. The summed E-state index contributed by atoms with van der Waals surface area (Å²) >= 11 is 3.28. The van der Waals surface area contributed by atoms with Crippen LogP contribution in [0.3, 0.4) is 0 Å².